The van der Waals surface area contributed by atoms with Gasteiger partial charge in [-0.1, -0.05) is 0 Å². The SMILES string of the molecule is CCN=[C-]N(C(C)(C)C)C(C)(C)C.CCN=[C-]N(C(C)(C)C)C(C)(C)C.[Ni+2]. The van der Waals surface area contributed by atoms with Crippen LogP contribution in [0.2, 0.25) is 0 Å². The molecule has 0 heterocycles. The van der Waals surface area contributed by atoms with Crippen LogP contribution < -0.4 is 0 Å². The van der Waals surface area contributed by atoms with Crippen LogP contribution in [0.25, 0.3) is 0 Å². The largest absolute Gasteiger partial charge is 2.00 e. The minimum Gasteiger partial charge on any atom is -0.529 e. The summed E-state index contributed by atoms with van der Waals surface area (Å²) in [6.07, 6.45) is 6.22. The van der Waals surface area contributed by atoms with Crippen LogP contribution in [0.15, 0.2) is 9.98 Å². The summed E-state index contributed by atoms with van der Waals surface area (Å²) < 4.78 is 0. The smallest absolute Gasteiger partial charge is 0.529 e. The predicted octanol–water partition coefficient (Wildman–Crippen LogP) is 5.62. The Hall–Kier alpha value is -0.566. The monoisotopic (exact) mass is 424 g/mol. The molecule has 4 nitrogen and oxygen atoms in total. The Labute approximate surface area is 181 Å². The Balaban J connectivity index is -0.000000411. The Bertz CT molecular complexity index is 359. The van der Waals surface area contributed by atoms with Gasteiger partial charge in [-0.3, -0.25) is 12.7 Å². The van der Waals surface area contributed by atoms with E-state index in [0.717, 1.165) is 13.1 Å². The summed E-state index contributed by atoms with van der Waals surface area (Å²) in [6.45, 7) is 31.8. The molecule has 0 radical (unpaired) electrons. The fourth-order valence-corrected chi connectivity index (χ4v) is 2.90. The van der Waals surface area contributed by atoms with E-state index in [0.29, 0.717) is 0 Å². The molecule has 0 saturated carbocycles. The number of rotatable bonds is 4. The standard InChI is InChI=1S/2C11H23N2.Ni/c2*1-8-12-9-13(10(2,3)4)11(5,6)7;/h2*8H2,1-7H3;/q2*-1;+2. The fraction of sp³-hybridized carbons (Fsp3) is 0.909. The van der Waals surface area contributed by atoms with Gasteiger partial charge in [0.25, 0.3) is 0 Å². The number of nitrogens with zero attached hydrogens (tertiary/aromatic N) is 4. The van der Waals surface area contributed by atoms with Gasteiger partial charge in [0.1, 0.15) is 0 Å². The van der Waals surface area contributed by atoms with Gasteiger partial charge in [-0.05, 0) is 110 Å². The normalized spacial score (nSPS) is 13.3. The van der Waals surface area contributed by atoms with Crippen molar-refractivity contribution in [2.24, 2.45) is 9.98 Å². The summed E-state index contributed by atoms with van der Waals surface area (Å²) in [5.74, 6) is 0. The van der Waals surface area contributed by atoms with Gasteiger partial charge in [-0.25, -0.2) is 0 Å². The molecule has 0 aliphatic carbocycles. The van der Waals surface area contributed by atoms with Gasteiger partial charge in [0.15, 0.2) is 0 Å². The van der Waals surface area contributed by atoms with Crippen molar-refractivity contribution in [3.8, 4) is 0 Å². The third kappa shape index (κ3) is 14.1. The maximum absolute atomic E-state index is 4.18. The van der Waals surface area contributed by atoms with Crippen molar-refractivity contribution in [2.75, 3.05) is 13.1 Å². The van der Waals surface area contributed by atoms with Gasteiger partial charge in [0.2, 0.25) is 0 Å². The third-order valence-electron chi connectivity index (χ3n) is 3.34. The van der Waals surface area contributed by atoms with Crippen molar-refractivity contribution in [1.29, 1.82) is 0 Å². The van der Waals surface area contributed by atoms with E-state index in [1.807, 2.05) is 13.8 Å². The van der Waals surface area contributed by atoms with Crippen LogP contribution in [-0.4, -0.2) is 57.7 Å². The van der Waals surface area contributed by atoms with Gasteiger partial charge >= 0.3 is 16.5 Å². The van der Waals surface area contributed by atoms with Gasteiger partial charge < -0.3 is 19.8 Å². The van der Waals surface area contributed by atoms with E-state index in [9.17, 15) is 0 Å². The van der Waals surface area contributed by atoms with Gasteiger partial charge in [-0.15, -0.1) is 0 Å². The first-order valence-electron chi connectivity index (χ1n) is 9.84. The molecule has 0 bridgehead atoms. The molecule has 0 aromatic carbocycles. The van der Waals surface area contributed by atoms with E-state index in [1.54, 1.807) is 0 Å². The molecule has 0 aromatic heterocycles. The van der Waals surface area contributed by atoms with Crippen molar-refractivity contribution in [3.05, 3.63) is 0 Å². The van der Waals surface area contributed by atoms with Crippen molar-refractivity contribution >= 4 is 12.7 Å². The molecule has 0 spiro atoms. The second-order valence-electron chi connectivity index (χ2n) is 10.5. The second-order valence-corrected chi connectivity index (χ2v) is 10.5. The van der Waals surface area contributed by atoms with E-state index in [2.05, 4.69) is 116 Å². The Morgan fingerprint density at radius 3 is 0.815 bits per heavy atom. The van der Waals surface area contributed by atoms with Crippen LogP contribution in [0.4, 0.5) is 0 Å². The first kappa shape index (κ1) is 31.1. The molecule has 0 unspecified atom stereocenters. The maximum Gasteiger partial charge on any atom is 2.00 e. The summed E-state index contributed by atoms with van der Waals surface area (Å²) in [4.78, 5) is 12.7. The van der Waals surface area contributed by atoms with E-state index in [4.69, 9.17) is 0 Å². The van der Waals surface area contributed by atoms with Crippen LogP contribution in [0, 0.1) is 0 Å². The van der Waals surface area contributed by atoms with Gasteiger partial charge in [0, 0.05) is 22.2 Å². The number of hydrogen-bond acceptors (Lipinski definition) is 2. The molecular formula is C22H46N4Ni. The molecule has 0 aliphatic heterocycles. The van der Waals surface area contributed by atoms with E-state index >= 15 is 0 Å². The first-order valence-corrected chi connectivity index (χ1v) is 9.84. The Morgan fingerprint density at radius 1 is 0.519 bits per heavy atom. The number of aliphatic imine (C=N–C) groups is 2. The van der Waals surface area contributed by atoms with Crippen molar-refractivity contribution < 1.29 is 16.5 Å². The average Bonchev–Trinajstić information content (AvgIpc) is 2.33. The summed E-state index contributed by atoms with van der Waals surface area (Å²) in [7, 11) is 0. The average molecular weight is 425 g/mol. The summed E-state index contributed by atoms with van der Waals surface area (Å²) in [6, 6.07) is 0. The van der Waals surface area contributed by atoms with E-state index < -0.39 is 0 Å². The molecule has 0 aromatic rings. The van der Waals surface area contributed by atoms with Gasteiger partial charge in [-0.2, -0.15) is 0 Å². The zero-order valence-electron chi connectivity index (χ0n) is 20.5. The molecular weight excluding hydrogens is 379 g/mol. The Morgan fingerprint density at radius 2 is 0.704 bits per heavy atom. The molecule has 0 aliphatic rings. The Kier molecular flexibility index (Phi) is 13.9. The molecule has 0 fully saturated rings. The van der Waals surface area contributed by atoms with Crippen LogP contribution in [0.5, 0.6) is 0 Å². The fourth-order valence-electron chi connectivity index (χ4n) is 2.90. The van der Waals surface area contributed by atoms with E-state index in [-0.39, 0.29) is 38.6 Å². The molecule has 5 heteroatoms. The summed E-state index contributed by atoms with van der Waals surface area (Å²) in [5.41, 5.74) is 0.321. The minimum absolute atomic E-state index is 0. The van der Waals surface area contributed by atoms with Crippen LogP contribution in [-0.2, 0) is 16.5 Å². The van der Waals surface area contributed by atoms with Crippen molar-refractivity contribution in [2.45, 2.75) is 119 Å². The van der Waals surface area contributed by atoms with Crippen molar-refractivity contribution in [3.63, 3.8) is 0 Å². The molecule has 0 saturated heterocycles. The zero-order chi connectivity index (χ0) is 21.4. The first-order chi connectivity index (χ1) is 11.4. The molecule has 0 rings (SSSR count). The quantitative estimate of drug-likeness (QED) is 0.193. The molecule has 0 atom stereocenters. The van der Waals surface area contributed by atoms with Gasteiger partial charge in [0.05, 0.1) is 0 Å². The minimum atomic E-state index is 0. The third-order valence-corrected chi connectivity index (χ3v) is 3.34. The predicted molar refractivity (Wildman–Crippen MR) is 119 cm³/mol. The second kappa shape index (κ2) is 12.1. The summed E-state index contributed by atoms with van der Waals surface area (Å²) in [5, 5.41) is 0. The van der Waals surface area contributed by atoms with Crippen molar-refractivity contribution in [1.82, 2.24) is 9.80 Å². The van der Waals surface area contributed by atoms with Crippen LogP contribution in [0.1, 0.15) is 96.9 Å². The number of hydrogen-bond donors (Lipinski definition) is 0. The zero-order valence-corrected chi connectivity index (χ0v) is 21.5. The molecule has 0 amide bonds. The molecule has 0 N–H and O–H groups in total. The van der Waals surface area contributed by atoms with Crippen LogP contribution >= 0.6 is 0 Å². The maximum atomic E-state index is 4.18. The molecule has 164 valence electrons. The topological polar surface area (TPSA) is 31.2 Å². The van der Waals surface area contributed by atoms with E-state index in [1.165, 1.54) is 0 Å². The van der Waals surface area contributed by atoms with Crippen LogP contribution in [0.3, 0.4) is 0 Å². The molecule has 27 heavy (non-hydrogen) atoms. The summed E-state index contributed by atoms with van der Waals surface area (Å²) >= 11 is 0.